The molecule has 1 aliphatic rings. The summed E-state index contributed by atoms with van der Waals surface area (Å²) in [4.78, 5) is 25.5. The van der Waals surface area contributed by atoms with Crippen LogP contribution in [0.4, 0.5) is 0 Å². The van der Waals surface area contributed by atoms with Gasteiger partial charge in [-0.2, -0.15) is 0 Å². The van der Waals surface area contributed by atoms with Gasteiger partial charge in [-0.25, -0.2) is 0 Å². The quantitative estimate of drug-likeness (QED) is 0.880. The summed E-state index contributed by atoms with van der Waals surface area (Å²) in [5.74, 6) is 0.105. The van der Waals surface area contributed by atoms with Crippen LogP contribution in [0.5, 0.6) is 0 Å². The van der Waals surface area contributed by atoms with E-state index >= 15 is 0 Å². The molecular formula is C17H26ClN3O2. The SMILES string of the molecule is CN(C)C(=O)c1ccc(CNC(=O)C2CCCC(N)C2)cc1.Cl. The summed E-state index contributed by atoms with van der Waals surface area (Å²) in [5, 5.41) is 2.97. The molecule has 0 saturated heterocycles. The molecule has 0 radical (unpaired) electrons. The fourth-order valence-electron chi connectivity index (χ4n) is 2.82. The lowest BCUT2D eigenvalue weighted by molar-refractivity contribution is -0.126. The molecule has 0 spiro atoms. The number of nitrogens with one attached hydrogen (secondary N) is 1. The minimum atomic E-state index is -0.0215. The Hall–Kier alpha value is -1.59. The van der Waals surface area contributed by atoms with Crippen molar-refractivity contribution in [2.24, 2.45) is 11.7 Å². The third-order valence-electron chi connectivity index (χ3n) is 4.16. The van der Waals surface area contributed by atoms with E-state index in [0.29, 0.717) is 12.1 Å². The minimum absolute atomic E-state index is 0. The number of hydrogen-bond donors (Lipinski definition) is 2. The largest absolute Gasteiger partial charge is 0.352 e. The Morgan fingerprint density at radius 1 is 1.22 bits per heavy atom. The fourth-order valence-corrected chi connectivity index (χ4v) is 2.82. The van der Waals surface area contributed by atoms with Crippen molar-refractivity contribution in [3.63, 3.8) is 0 Å². The first-order valence-electron chi connectivity index (χ1n) is 7.81. The van der Waals surface area contributed by atoms with E-state index in [4.69, 9.17) is 5.73 Å². The van der Waals surface area contributed by atoms with Crippen LogP contribution in [0.25, 0.3) is 0 Å². The highest BCUT2D eigenvalue weighted by Crippen LogP contribution is 2.23. The van der Waals surface area contributed by atoms with Crippen LogP contribution in [-0.2, 0) is 11.3 Å². The van der Waals surface area contributed by atoms with Crippen molar-refractivity contribution in [1.29, 1.82) is 0 Å². The van der Waals surface area contributed by atoms with Gasteiger partial charge in [-0.1, -0.05) is 18.6 Å². The topological polar surface area (TPSA) is 75.4 Å². The Labute approximate surface area is 144 Å². The van der Waals surface area contributed by atoms with E-state index in [0.717, 1.165) is 31.2 Å². The molecule has 2 amide bonds. The maximum atomic E-state index is 12.2. The number of nitrogens with two attached hydrogens (primary N) is 1. The van der Waals surface area contributed by atoms with Crippen LogP contribution in [0.15, 0.2) is 24.3 Å². The van der Waals surface area contributed by atoms with Gasteiger partial charge in [-0.05, 0) is 37.0 Å². The summed E-state index contributed by atoms with van der Waals surface area (Å²) in [7, 11) is 3.46. The van der Waals surface area contributed by atoms with E-state index in [-0.39, 0.29) is 36.2 Å². The van der Waals surface area contributed by atoms with Gasteiger partial charge in [-0.15, -0.1) is 12.4 Å². The number of amides is 2. The van der Waals surface area contributed by atoms with Crippen molar-refractivity contribution in [3.8, 4) is 0 Å². The summed E-state index contributed by atoms with van der Waals surface area (Å²) < 4.78 is 0. The first kappa shape index (κ1) is 19.5. The second-order valence-corrected chi connectivity index (χ2v) is 6.24. The smallest absolute Gasteiger partial charge is 0.253 e. The molecule has 23 heavy (non-hydrogen) atoms. The molecule has 2 rings (SSSR count). The van der Waals surface area contributed by atoms with Gasteiger partial charge in [0, 0.05) is 38.2 Å². The van der Waals surface area contributed by atoms with Crippen LogP contribution in [0.1, 0.15) is 41.6 Å². The van der Waals surface area contributed by atoms with Gasteiger partial charge < -0.3 is 16.0 Å². The molecule has 1 aromatic carbocycles. The van der Waals surface area contributed by atoms with E-state index in [1.165, 1.54) is 0 Å². The van der Waals surface area contributed by atoms with Gasteiger partial charge in [0.05, 0.1) is 0 Å². The number of benzene rings is 1. The molecule has 5 nitrogen and oxygen atoms in total. The Balaban J connectivity index is 0.00000264. The molecular weight excluding hydrogens is 314 g/mol. The molecule has 1 fully saturated rings. The van der Waals surface area contributed by atoms with Crippen LogP contribution in [0.2, 0.25) is 0 Å². The van der Waals surface area contributed by atoms with Crippen LogP contribution < -0.4 is 11.1 Å². The zero-order valence-corrected chi connectivity index (χ0v) is 14.6. The third kappa shape index (κ3) is 5.52. The Morgan fingerprint density at radius 2 is 1.87 bits per heavy atom. The summed E-state index contributed by atoms with van der Waals surface area (Å²) in [5.41, 5.74) is 7.56. The lowest BCUT2D eigenvalue weighted by atomic mass is 9.85. The molecule has 2 unspecified atom stereocenters. The van der Waals surface area contributed by atoms with E-state index in [2.05, 4.69) is 5.32 Å². The fraction of sp³-hybridized carbons (Fsp3) is 0.529. The minimum Gasteiger partial charge on any atom is -0.352 e. The zero-order valence-electron chi connectivity index (χ0n) is 13.7. The molecule has 3 N–H and O–H groups in total. The van der Waals surface area contributed by atoms with Crippen molar-refractivity contribution >= 4 is 24.2 Å². The highest BCUT2D eigenvalue weighted by atomic mass is 35.5. The molecule has 1 aromatic rings. The van der Waals surface area contributed by atoms with E-state index in [1.807, 2.05) is 12.1 Å². The lowest BCUT2D eigenvalue weighted by Gasteiger charge is -2.25. The summed E-state index contributed by atoms with van der Waals surface area (Å²) >= 11 is 0. The van der Waals surface area contributed by atoms with Gasteiger partial charge in [0.25, 0.3) is 5.91 Å². The van der Waals surface area contributed by atoms with Gasteiger partial charge in [0.2, 0.25) is 5.91 Å². The van der Waals surface area contributed by atoms with E-state index in [9.17, 15) is 9.59 Å². The Kier molecular flexibility index (Phi) is 7.52. The number of carbonyl (C=O) groups excluding carboxylic acids is 2. The van der Waals surface area contributed by atoms with Crippen LogP contribution in [0.3, 0.4) is 0 Å². The number of rotatable bonds is 4. The summed E-state index contributed by atoms with van der Waals surface area (Å²) in [6.07, 6.45) is 3.75. The second-order valence-electron chi connectivity index (χ2n) is 6.24. The molecule has 0 aromatic heterocycles. The van der Waals surface area contributed by atoms with E-state index in [1.54, 1.807) is 31.1 Å². The lowest BCUT2D eigenvalue weighted by Crippen LogP contribution is -2.37. The van der Waals surface area contributed by atoms with Gasteiger partial charge >= 0.3 is 0 Å². The molecule has 0 aliphatic heterocycles. The number of halogens is 1. The molecule has 0 heterocycles. The molecule has 128 valence electrons. The maximum absolute atomic E-state index is 12.2. The summed E-state index contributed by atoms with van der Waals surface area (Å²) in [6, 6.07) is 7.49. The highest BCUT2D eigenvalue weighted by molar-refractivity contribution is 5.93. The van der Waals surface area contributed by atoms with Crippen molar-refractivity contribution in [2.45, 2.75) is 38.3 Å². The van der Waals surface area contributed by atoms with Crippen LogP contribution in [0, 0.1) is 5.92 Å². The summed E-state index contributed by atoms with van der Waals surface area (Å²) in [6.45, 7) is 0.487. The highest BCUT2D eigenvalue weighted by Gasteiger charge is 2.24. The number of carbonyl (C=O) groups is 2. The maximum Gasteiger partial charge on any atom is 0.253 e. The Bertz CT molecular complexity index is 531. The molecule has 6 heteroatoms. The van der Waals surface area contributed by atoms with Gasteiger partial charge in [0.1, 0.15) is 0 Å². The number of nitrogens with zero attached hydrogens (tertiary/aromatic N) is 1. The first-order chi connectivity index (χ1) is 10.5. The van der Waals surface area contributed by atoms with Crippen molar-refractivity contribution in [1.82, 2.24) is 10.2 Å². The predicted octanol–water partition coefficient (Wildman–Crippen LogP) is 1.94. The zero-order chi connectivity index (χ0) is 16.1. The van der Waals surface area contributed by atoms with Gasteiger partial charge in [0.15, 0.2) is 0 Å². The first-order valence-corrected chi connectivity index (χ1v) is 7.81. The molecule has 1 saturated carbocycles. The van der Waals surface area contributed by atoms with E-state index < -0.39 is 0 Å². The monoisotopic (exact) mass is 339 g/mol. The second kappa shape index (κ2) is 8.89. The average molecular weight is 340 g/mol. The van der Waals surface area contributed by atoms with Crippen LogP contribution in [-0.4, -0.2) is 36.9 Å². The Morgan fingerprint density at radius 3 is 2.43 bits per heavy atom. The average Bonchev–Trinajstić information content (AvgIpc) is 2.52. The van der Waals surface area contributed by atoms with Crippen LogP contribution >= 0.6 is 12.4 Å². The standard InChI is InChI=1S/C17H25N3O2.ClH/c1-20(2)17(22)13-8-6-12(7-9-13)11-19-16(21)14-4-3-5-15(18)10-14;/h6-9,14-15H,3-5,10-11,18H2,1-2H3,(H,19,21);1H. The van der Waals surface area contributed by atoms with Crippen molar-refractivity contribution in [2.75, 3.05) is 14.1 Å². The normalized spacial score (nSPS) is 20.3. The third-order valence-corrected chi connectivity index (χ3v) is 4.16. The molecule has 0 bridgehead atoms. The predicted molar refractivity (Wildman–Crippen MR) is 93.5 cm³/mol. The van der Waals surface area contributed by atoms with Gasteiger partial charge in [-0.3, -0.25) is 9.59 Å². The molecule has 2 atom stereocenters. The number of hydrogen-bond acceptors (Lipinski definition) is 3. The van der Waals surface area contributed by atoms with Crippen molar-refractivity contribution < 1.29 is 9.59 Å². The molecule has 1 aliphatic carbocycles. The van der Waals surface area contributed by atoms with Crippen molar-refractivity contribution in [3.05, 3.63) is 35.4 Å².